The van der Waals surface area contributed by atoms with E-state index in [1.807, 2.05) is 0 Å². The zero-order valence-electron chi connectivity index (χ0n) is 16.8. The fraction of sp³-hybridized carbons (Fsp3) is 0.600. The van der Waals surface area contributed by atoms with Crippen LogP contribution in [0.15, 0.2) is 36.4 Å². The minimum atomic E-state index is 0.766. The Labute approximate surface area is 160 Å². The highest BCUT2D eigenvalue weighted by atomic mass is 16.5. The third kappa shape index (κ3) is 5.25. The molecule has 0 radical (unpaired) electrons. The molecular weight excluding hydrogens is 316 g/mol. The maximum absolute atomic E-state index is 5.91. The number of unbranched alkanes of at least 4 members (excludes halogenated alkanes) is 3. The summed E-state index contributed by atoms with van der Waals surface area (Å²) in [6, 6.07) is 13.7. The minimum Gasteiger partial charge on any atom is -0.494 e. The number of benzene rings is 2. The highest BCUT2D eigenvalue weighted by Crippen LogP contribution is 2.38. The first-order chi connectivity index (χ1) is 12.8. The van der Waals surface area contributed by atoms with Crippen LogP contribution in [0.5, 0.6) is 5.75 Å². The van der Waals surface area contributed by atoms with Crippen molar-refractivity contribution in [3.8, 4) is 5.75 Å². The van der Waals surface area contributed by atoms with Gasteiger partial charge < -0.3 is 4.74 Å². The molecule has 0 aliphatic heterocycles. The summed E-state index contributed by atoms with van der Waals surface area (Å²) in [5, 5.41) is 2.66. The standard InChI is InChI=1S/C25H36O/c1-3-5-7-17-26-25-16-15-23-18-22(13-14-24(23)19-25)21-11-9-20(10-12-21)8-6-4-2/h13-16,18-21H,3-12,17H2,1-2H3. The zero-order chi connectivity index (χ0) is 18.2. The van der Waals surface area contributed by atoms with E-state index in [-0.39, 0.29) is 0 Å². The lowest BCUT2D eigenvalue weighted by Gasteiger charge is -2.29. The van der Waals surface area contributed by atoms with Crippen LogP contribution < -0.4 is 4.74 Å². The van der Waals surface area contributed by atoms with Gasteiger partial charge in [-0.05, 0) is 72.4 Å². The molecule has 3 rings (SSSR count). The molecule has 26 heavy (non-hydrogen) atoms. The molecule has 0 unspecified atom stereocenters. The summed E-state index contributed by atoms with van der Waals surface area (Å²) in [7, 11) is 0. The number of hydrogen-bond donors (Lipinski definition) is 0. The van der Waals surface area contributed by atoms with Crippen molar-refractivity contribution in [1.82, 2.24) is 0 Å². The molecule has 0 amide bonds. The number of hydrogen-bond acceptors (Lipinski definition) is 1. The van der Waals surface area contributed by atoms with Crippen LogP contribution in [-0.4, -0.2) is 6.61 Å². The van der Waals surface area contributed by atoms with Crippen molar-refractivity contribution in [3.63, 3.8) is 0 Å². The first kappa shape index (κ1) is 19.3. The second-order valence-corrected chi connectivity index (χ2v) is 8.18. The van der Waals surface area contributed by atoms with Gasteiger partial charge in [-0.1, -0.05) is 70.2 Å². The normalized spacial score (nSPS) is 20.4. The predicted octanol–water partition coefficient (Wildman–Crippen LogP) is 7.87. The molecule has 1 aliphatic rings. The Morgan fingerprint density at radius 2 is 1.54 bits per heavy atom. The van der Waals surface area contributed by atoms with Gasteiger partial charge in [-0.15, -0.1) is 0 Å². The van der Waals surface area contributed by atoms with Gasteiger partial charge in [0.05, 0.1) is 6.61 Å². The van der Waals surface area contributed by atoms with E-state index in [1.165, 1.54) is 68.6 Å². The lowest BCUT2D eigenvalue weighted by atomic mass is 9.77. The van der Waals surface area contributed by atoms with Crippen LogP contribution in [-0.2, 0) is 0 Å². The maximum Gasteiger partial charge on any atom is 0.119 e. The first-order valence-electron chi connectivity index (χ1n) is 11.0. The largest absolute Gasteiger partial charge is 0.494 e. The first-order valence-corrected chi connectivity index (χ1v) is 11.0. The topological polar surface area (TPSA) is 9.23 Å². The van der Waals surface area contributed by atoms with Crippen molar-refractivity contribution in [3.05, 3.63) is 42.0 Å². The highest BCUT2D eigenvalue weighted by molar-refractivity contribution is 5.84. The van der Waals surface area contributed by atoms with E-state index >= 15 is 0 Å². The summed E-state index contributed by atoms with van der Waals surface area (Å²) in [5.74, 6) is 2.76. The van der Waals surface area contributed by atoms with Gasteiger partial charge in [0.1, 0.15) is 5.75 Å². The molecule has 0 aromatic heterocycles. The van der Waals surface area contributed by atoms with Gasteiger partial charge in [-0.25, -0.2) is 0 Å². The molecule has 0 saturated heterocycles. The van der Waals surface area contributed by atoms with Crippen molar-refractivity contribution < 1.29 is 4.74 Å². The molecule has 0 heterocycles. The van der Waals surface area contributed by atoms with Gasteiger partial charge in [0.25, 0.3) is 0 Å². The van der Waals surface area contributed by atoms with Crippen LogP contribution in [0, 0.1) is 5.92 Å². The Bertz CT molecular complexity index is 667. The molecule has 0 atom stereocenters. The van der Waals surface area contributed by atoms with Crippen LogP contribution in [0.25, 0.3) is 10.8 Å². The van der Waals surface area contributed by atoms with Gasteiger partial charge in [0.15, 0.2) is 0 Å². The molecule has 1 nitrogen and oxygen atoms in total. The lowest BCUT2D eigenvalue weighted by Crippen LogP contribution is -2.13. The zero-order valence-corrected chi connectivity index (χ0v) is 16.8. The summed E-state index contributed by atoms with van der Waals surface area (Å²) in [6.07, 6.45) is 13.4. The number of fused-ring (bicyclic) bond motifs is 1. The summed E-state index contributed by atoms with van der Waals surface area (Å²) in [4.78, 5) is 0. The Hall–Kier alpha value is -1.50. The second kappa shape index (κ2) is 10.00. The van der Waals surface area contributed by atoms with Crippen molar-refractivity contribution in [2.45, 2.75) is 84.0 Å². The SMILES string of the molecule is CCCCCOc1ccc2cc(C3CCC(CCCC)CC3)ccc2c1. The van der Waals surface area contributed by atoms with E-state index in [0.29, 0.717) is 0 Å². The number of ether oxygens (including phenoxy) is 1. The van der Waals surface area contributed by atoms with Crippen molar-refractivity contribution in [1.29, 1.82) is 0 Å². The predicted molar refractivity (Wildman–Crippen MR) is 113 cm³/mol. The van der Waals surface area contributed by atoms with Crippen LogP contribution in [0.2, 0.25) is 0 Å². The fourth-order valence-electron chi connectivity index (χ4n) is 4.41. The van der Waals surface area contributed by atoms with E-state index in [2.05, 4.69) is 50.2 Å². The van der Waals surface area contributed by atoms with E-state index < -0.39 is 0 Å². The summed E-state index contributed by atoms with van der Waals surface area (Å²) in [6.45, 7) is 5.37. The lowest BCUT2D eigenvalue weighted by molar-refractivity contribution is 0.304. The molecule has 142 valence electrons. The maximum atomic E-state index is 5.91. The Morgan fingerprint density at radius 3 is 2.31 bits per heavy atom. The third-order valence-corrected chi connectivity index (χ3v) is 6.14. The summed E-state index contributed by atoms with van der Waals surface area (Å²) < 4.78 is 5.91. The fourth-order valence-corrected chi connectivity index (χ4v) is 4.41. The summed E-state index contributed by atoms with van der Waals surface area (Å²) >= 11 is 0. The Morgan fingerprint density at radius 1 is 0.808 bits per heavy atom. The van der Waals surface area contributed by atoms with Gasteiger partial charge in [0.2, 0.25) is 0 Å². The van der Waals surface area contributed by atoms with Gasteiger partial charge in [-0.2, -0.15) is 0 Å². The molecule has 2 aromatic carbocycles. The minimum absolute atomic E-state index is 0.766. The van der Waals surface area contributed by atoms with Crippen LogP contribution in [0.1, 0.15) is 89.5 Å². The van der Waals surface area contributed by atoms with E-state index in [0.717, 1.165) is 30.6 Å². The molecule has 1 fully saturated rings. The van der Waals surface area contributed by atoms with Crippen molar-refractivity contribution in [2.75, 3.05) is 6.61 Å². The second-order valence-electron chi connectivity index (χ2n) is 8.18. The average molecular weight is 353 g/mol. The highest BCUT2D eigenvalue weighted by Gasteiger charge is 2.22. The van der Waals surface area contributed by atoms with Crippen LogP contribution in [0.4, 0.5) is 0 Å². The van der Waals surface area contributed by atoms with E-state index in [9.17, 15) is 0 Å². The Kier molecular flexibility index (Phi) is 7.41. The molecule has 0 N–H and O–H groups in total. The molecule has 0 bridgehead atoms. The van der Waals surface area contributed by atoms with Gasteiger partial charge in [0, 0.05) is 0 Å². The molecule has 0 spiro atoms. The number of rotatable bonds is 9. The van der Waals surface area contributed by atoms with Gasteiger partial charge >= 0.3 is 0 Å². The van der Waals surface area contributed by atoms with Crippen LogP contribution >= 0.6 is 0 Å². The smallest absolute Gasteiger partial charge is 0.119 e. The Balaban J connectivity index is 1.59. The van der Waals surface area contributed by atoms with Crippen molar-refractivity contribution >= 4 is 10.8 Å². The molecule has 1 saturated carbocycles. The average Bonchev–Trinajstić information content (AvgIpc) is 2.69. The quantitative estimate of drug-likeness (QED) is 0.417. The molecule has 1 heteroatoms. The molecule has 1 aliphatic carbocycles. The summed E-state index contributed by atoms with van der Waals surface area (Å²) in [5.41, 5.74) is 1.54. The van der Waals surface area contributed by atoms with Gasteiger partial charge in [-0.3, -0.25) is 0 Å². The van der Waals surface area contributed by atoms with E-state index in [1.54, 1.807) is 5.56 Å². The van der Waals surface area contributed by atoms with Crippen LogP contribution in [0.3, 0.4) is 0 Å². The van der Waals surface area contributed by atoms with E-state index in [4.69, 9.17) is 4.74 Å². The van der Waals surface area contributed by atoms with Crippen molar-refractivity contribution in [2.24, 2.45) is 5.92 Å². The monoisotopic (exact) mass is 352 g/mol. The molecule has 2 aromatic rings. The molecular formula is C25H36O. The third-order valence-electron chi connectivity index (χ3n) is 6.14.